The van der Waals surface area contributed by atoms with E-state index in [1.165, 1.54) is 0 Å². The van der Waals surface area contributed by atoms with Crippen molar-refractivity contribution in [3.63, 3.8) is 0 Å². The number of para-hydroxylation sites is 2. The van der Waals surface area contributed by atoms with E-state index in [2.05, 4.69) is 0 Å². The summed E-state index contributed by atoms with van der Waals surface area (Å²) >= 11 is 0. The SMILES string of the molecule is CC.CC.O=C(c1ccc(Oc2ccccc2)cc1)c1ccc(Oc2ccccc2)cc1. The van der Waals surface area contributed by atoms with E-state index in [-0.39, 0.29) is 5.78 Å². The van der Waals surface area contributed by atoms with Crippen LogP contribution in [0.3, 0.4) is 0 Å². The van der Waals surface area contributed by atoms with Gasteiger partial charge in [-0.25, -0.2) is 0 Å². The molecule has 0 aliphatic heterocycles. The quantitative estimate of drug-likeness (QED) is 0.290. The van der Waals surface area contributed by atoms with Gasteiger partial charge in [-0.15, -0.1) is 0 Å². The highest BCUT2D eigenvalue weighted by Crippen LogP contribution is 2.24. The van der Waals surface area contributed by atoms with Crippen LogP contribution in [0.4, 0.5) is 0 Å². The van der Waals surface area contributed by atoms with Crippen LogP contribution in [0.2, 0.25) is 0 Å². The normalized spacial score (nSPS) is 9.38. The second-order valence-corrected chi connectivity index (χ2v) is 6.21. The summed E-state index contributed by atoms with van der Waals surface area (Å²) in [5, 5.41) is 0. The molecule has 32 heavy (non-hydrogen) atoms. The fraction of sp³-hybridized carbons (Fsp3) is 0.138. The van der Waals surface area contributed by atoms with Crippen LogP contribution >= 0.6 is 0 Å². The number of carbonyl (C=O) groups excluding carboxylic acids is 1. The molecular weight excluding hydrogens is 396 g/mol. The highest BCUT2D eigenvalue weighted by atomic mass is 16.5. The average molecular weight is 427 g/mol. The van der Waals surface area contributed by atoms with E-state index in [0.717, 1.165) is 11.5 Å². The molecule has 0 amide bonds. The Hall–Kier alpha value is -3.85. The largest absolute Gasteiger partial charge is 0.457 e. The van der Waals surface area contributed by atoms with Crippen LogP contribution in [0.15, 0.2) is 109 Å². The maximum Gasteiger partial charge on any atom is 0.193 e. The Morgan fingerprint density at radius 3 is 1.03 bits per heavy atom. The number of carbonyl (C=O) groups is 1. The predicted octanol–water partition coefficient (Wildman–Crippen LogP) is 8.55. The number of hydrogen-bond acceptors (Lipinski definition) is 3. The molecule has 0 bridgehead atoms. The lowest BCUT2D eigenvalue weighted by molar-refractivity contribution is 0.103. The van der Waals surface area contributed by atoms with Crippen molar-refractivity contribution in [1.82, 2.24) is 0 Å². The number of benzene rings is 4. The summed E-state index contributed by atoms with van der Waals surface area (Å²) in [6.45, 7) is 8.00. The Kier molecular flexibility index (Phi) is 10.3. The third kappa shape index (κ3) is 7.13. The molecule has 0 heterocycles. The zero-order valence-corrected chi connectivity index (χ0v) is 19.1. The van der Waals surface area contributed by atoms with E-state index >= 15 is 0 Å². The van der Waals surface area contributed by atoms with Crippen LogP contribution in [-0.2, 0) is 0 Å². The smallest absolute Gasteiger partial charge is 0.193 e. The van der Waals surface area contributed by atoms with E-state index in [0.29, 0.717) is 22.6 Å². The van der Waals surface area contributed by atoms with Crippen molar-refractivity contribution < 1.29 is 14.3 Å². The van der Waals surface area contributed by atoms with Gasteiger partial charge in [0.2, 0.25) is 0 Å². The zero-order chi connectivity index (χ0) is 23.2. The van der Waals surface area contributed by atoms with Crippen molar-refractivity contribution in [2.45, 2.75) is 27.7 Å². The summed E-state index contributed by atoms with van der Waals surface area (Å²) in [6, 6.07) is 33.4. The van der Waals surface area contributed by atoms with Gasteiger partial charge in [0.15, 0.2) is 5.78 Å². The first-order valence-electron chi connectivity index (χ1n) is 11.0. The van der Waals surface area contributed by atoms with Crippen LogP contribution in [0.1, 0.15) is 43.6 Å². The summed E-state index contributed by atoms with van der Waals surface area (Å²) in [5.74, 6) is 2.85. The Bertz CT molecular complexity index is 952. The lowest BCUT2D eigenvalue weighted by Crippen LogP contribution is -2.01. The molecule has 0 saturated carbocycles. The third-order valence-electron chi connectivity index (χ3n) is 4.19. The Morgan fingerprint density at radius 1 is 0.438 bits per heavy atom. The van der Waals surface area contributed by atoms with E-state index in [9.17, 15) is 4.79 Å². The van der Waals surface area contributed by atoms with Gasteiger partial charge in [0.05, 0.1) is 0 Å². The van der Waals surface area contributed by atoms with Crippen LogP contribution in [0, 0.1) is 0 Å². The van der Waals surface area contributed by atoms with Crippen molar-refractivity contribution >= 4 is 5.78 Å². The maximum absolute atomic E-state index is 12.7. The summed E-state index contributed by atoms with van der Waals surface area (Å²) in [4.78, 5) is 12.7. The molecule has 3 heteroatoms. The van der Waals surface area contributed by atoms with Crippen molar-refractivity contribution in [1.29, 1.82) is 0 Å². The fourth-order valence-electron chi connectivity index (χ4n) is 2.76. The van der Waals surface area contributed by atoms with E-state index in [1.54, 1.807) is 48.5 Å². The summed E-state index contributed by atoms with van der Waals surface area (Å²) in [7, 11) is 0. The first-order valence-corrected chi connectivity index (χ1v) is 11.0. The molecule has 4 aromatic carbocycles. The van der Waals surface area contributed by atoms with Crippen molar-refractivity contribution in [2.24, 2.45) is 0 Å². The molecule has 4 aromatic rings. The Labute approximate surface area is 191 Å². The van der Waals surface area contributed by atoms with Crippen molar-refractivity contribution in [3.8, 4) is 23.0 Å². The molecule has 0 aromatic heterocycles. The molecule has 0 atom stereocenters. The summed E-state index contributed by atoms with van der Waals surface area (Å²) in [6.07, 6.45) is 0. The first-order chi connectivity index (χ1) is 15.8. The summed E-state index contributed by atoms with van der Waals surface area (Å²) in [5.41, 5.74) is 1.22. The molecule has 0 spiro atoms. The molecule has 0 saturated heterocycles. The molecule has 0 aliphatic carbocycles. The standard InChI is InChI=1S/C25H18O3.2C2H6/c26-25(19-11-15-23(16-12-19)27-21-7-3-1-4-8-21)20-13-17-24(18-14-20)28-22-9-5-2-6-10-22;2*1-2/h1-18H;2*1-2H3. The van der Waals surface area contributed by atoms with Gasteiger partial charge >= 0.3 is 0 Å². The predicted molar refractivity (Wildman–Crippen MR) is 132 cm³/mol. The van der Waals surface area contributed by atoms with E-state index < -0.39 is 0 Å². The van der Waals surface area contributed by atoms with Gasteiger partial charge in [-0.05, 0) is 72.8 Å². The molecule has 4 rings (SSSR count). The third-order valence-corrected chi connectivity index (χ3v) is 4.19. The average Bonchev–Trinajstić information content (AvgIpc) is 2.88. The summed E-state index contributed by atoms with van der Waals surface area (Å²) < 4.78 is 11.5. The fourth-order valence-corrected chi connectivity index (χ4v) is 2.76. The van der Waals surface area contributed by atoms with Crippen LogP contribution < -0.4 is 9.47 Å². The number of ether oxygens (including phenoxy) is 2. The molecule has 3 nitrogen and oxygen atoms in total. The van der Waals surface area contributed by atoms with Gasteiger partial charge < -0.3 is 9.47 Å². The molecule has 0 aliphatic rings. The molecule has 0 fully saturated rings. The van der Waals surface area contributed by atoms with Gasteiger partial charge in [-0.1, -0.05) is 64.1 Å². The lowest BCUT2D eigenvalue weighted by Gasteiger charge is -2.08. The van der Waals surface area contributed by atoms with Crippen LogP contribution in [0.5, 0.6) is 23.0 Å². The van der Waals surface area contributed by atoms with Gasteiger partial charge in [0, 0.05) is 11.1 Å². The minimum Gasteiger partial charge on any atom is -0.457 e. The van der Waals surface area contributed by atoms with Gasteiger partial charge in [-0.2, -0.15) is 0 Å². The van der Waals surface area contributed by atoms with Crippen molar-refractivity contribution in [2.75, 3.05) is 0 Å². The van der Waals surface area contributed by atoms with Crippen molar-refractivity contribution in [3.05, 3.63) is 120 Å². The number of ketones is 1. The maximum atomic E-state index is 12.7. The minimum atomic E-state index is -0.0440. The highest BCUT2D eigenvalue weighted by Gasteiger charge is 2.10. The molecule has 0 N–H and O–H groups in total. The lowest BCUT2D eigenvalue weighted by atomic mass is 10.0. The molecule has 0 radical (unpaired) electrons. The van der Waals surface area contributed by atoms with E-state index in [4.69, 9.17) is 9.47 Å². The second-order valence-electron chi connectivity index (χ2n) is 6.21. The van der Waals surface area contributed by atoms with Crippen LogP contribution in [0.25, 0.3) is 0 Å². The number of hydrogen-bond donors (Lipinski definition) is 0. The van der Waals surface area contributed by atoms with Crippen LogP contribution in [-0.4, -0.2) is 5.78 Å². The second kappa shape index (κ2) is 13.5. The first kappa shape index (κ1) is 24.4. The number of rotatable bonds is 6. The Balaban J connectivity index is 0.000000860. The van der Waals surface area contributed by atoms with Gasteiger partial charge in [0.25, 0.3) is 0 Å². The highest BCUT2D eigenvalue weighted by molar-refractivity contribution is 6.09. The zero-order valence-electron chi connectivity index (χ0n) is 19.1. The van der Waals surface area contributed by atoms with Gasteiger partial charge in [-0.3, -0.25) is 4.79 Å². The van der Waals surface area contributed by atoms with E-state index in [1.807, 2.05) is 88.4 Å². The van der Waals surface area contributed by atoms with Gasteiger partial charge in [0.1, 0.15) is 23.0 Å². The topological polar surface area (TPSA) is 35.5 Å². The Morgan fingerprint density at radius 2 is 0.719 bits per heavy atom. The molecule has 164 valence electrons. The molecular formula is C29H30O3. The monoisotopic (exact) mass is 426 g/mol. The minimum absolute atomic E-state index is 0.0440. The molecule has 0 unspecified atom stereocenters.